The topological polar surface area (TPSA) is 85.0 Å². The minimum absolute atomic E-state index is 0.0215. The number of amides is 1. The monoisotopic (exact) mass is 353 g/mol. The van der Waals surface area contributed by atoms with Crippen molar-refractivity contribution in [3.8, 4) is 0 Å². The van der Waals surface area contributed by atoms with Gasteiger partial charge in [-0.1, -0.05) is 49.0 Å². The number of carbonyl (C=O) groups excluding carboxylic acids is 1. The third kappa shape index (κ3) is 3.89. The lowest BCUT2D eigenvalue weighted by Crippen LogP contribution is -2.30. The number of hydrogen-bond acceptors (Lipinski definition) is 8. The van der Waals surface area contributed by atoms with Gasteiger partial charge in [0, 0.05) is 18.4 Å². The maximum absolute atomic E-state index is 11.7. The number of nitrogens with zero attached hydrogens (tertiary/aromatic N) is 5. The van der Waals surface area contributed by atoms with Gasteiger partial charge in [-0.2, -0.15) is 4.98 Å². The summed E-state index contributed by atoms with van der Waals surface area (Å²) in [7, 11) is 0. The molecule has 1 aliphatic rings. The Labute approximate surface area is 142 Å². The van der Waals surface area contributed by atoms with E-state index in [1.165, 1.54) is 23.1 Å². The van der Waals surface area contributed by atoms with E-state index in [4.69, 9.17) is 4.52 Å². The van der Waals surface area contributed by atoms with Crippen LogP contribution in [0.5, 0.6) is 0 Å². The van der Waals surface area contributed by atoms with Gasteiger partial charge >= 0.3 is 0 Å². The molecule has 3 rings (SSSR count). The van der Waals surface area contributed by atoms with E-state index in [1.807, 2.05) is 20.8 Å². The van der Waals surface area contributed by atoms with Crippen LogP contribution in [0.3, 0.4) is 0 Å². The SMILES string of the molecule is CC(=O)N(c1nnc(SCc2noc(C(C)(C)C)n2)s1)C1CC1. The van der Waals surface area contributed by atoms with Gasteiger partial charge < -0.3 is 4.52 Å². The van der Waals surface area contributed by atoms with E-state index in [-0.39, 0.29) is 11.3 Å². The van der Waals surface area contributed by atoms with Crippen molar-refractivity contribution in [3.05, 3.63) is 11.7 Å². The Morgan fingerprint density at radius 3 is 2.70 bits per heavy atom. The molecule has 2 aromatic heterocycles. The van der Waals surface area contributed by atoms with Gasteiger partial charge in [0.1, 0.15) is 0 Å². The van der Waals surface area contributed by atoms with Gasteiger partial charge in [0.25, 0.3) is 0 Å². The van der Waals surface area contributed by atoms with Gasteiger partial charge in [-0.25, -0.2) is 0 Å². The maximum atomic E-state index is 11.7. The second kappa shape index (κ2) is 6.20. The highest BCUT2D eigenvalue weighted by Crippen LogP contribution is 2.36. The Morgan fingerprint density at radius 1 is 1.39 bits per heavy atom. The smallest absolute Gasteiger partial charge is 0.232 e. The van der Waals surface area contributed by atoms with E-state index < -0.39 is 0 Å². The number of rotatable bonds is 5. The van der Waals surface area contributed by atoms with Crippen LogP contribution in [-0.2, 0) is 16.0 Å². The van der Waals surface area contributed by atoms with Gasteiger partial charge in [-0.3, -0.25) is 9.69 Å². The molecule has 1 fully saturated rings. The average molecular weight is 353 g/mol. The van der Waals surface area contributed by atoms with Crippen LogP contribution in [0.2, 0.25) is 0 Å². The minimum Gasteiger partial charge on any atom is -0.339 e. The lowest BCUT2D eigenvalue weighted by Gasteiger charge is -2.15. The van der Waals surface area contributed by atoms with Crippen LogP contribution in [0, 0.1) is 0 Å². The summed E-state index contributed by atoms with van der Waals surface area (Å²) >= 11 is 2.93. The van der Waals surface area contributed by atoms with Crippen LogP contribution >= 0.6 is 23.1 Å². The molecule has 0 radical (unpaired) electrons. The van der Waals surface area contributed by atoms with Gasteiger partial charge in [-0.05, 0) is 12.8 Å². The van der Waals surface area contributed by atoms with E-state index in [1.54, 1.807) is 11.8 Å². The quantitative estimate of drug-likeness (QED) is 0.603. The van der Waals surface area contributed by atoms with Crippen LogP contribution in [0.4, 0.5) is 5.13 Å². The standard InChI is InChI=1S/C14H19N5O2S2/c1-8(20)19(9-5-6-9)12-16-17-13(23-12)22-7-10-15-11(21-18-10)14(2,3)4/h9H,5-7H2,1-4H3. The van der Waals surface area contributed by atoms with Crippen molar-refractivity contribution in [2.45, 2.75) is 62.1 Å². The molecule has 0 bridgehead atoms. The van der Waals surface area contributed by atoms with Gasteiger partial charge in [-0.15, -0.1) is 10.2 Å². The Hall–Kier alpha value is -1.48. The predicted molar refractivity (Wildman–Crippen MR) is 88.7 cm³/mol. The summed E-state index contributed by atoms with van der Waals surface area (Å²) in [4.78, 5) is 17.9. The molecule has 1 aliphatic carbocycles. The molecule has 124 valence electrons. The summed E-state index contributed by atoms with van der Waals surface area (Å²) in [5, 5.41) is 13.0. The van der Waals surface area contributed by atoms with E-state index in [0.29, 0.717) is 28.6 Å². The Balaban J connectivity index is 1.63. The Bertz CT molecular complexity index is 702. The average Bonchev–Trinajstić information content (AvgIpc) is 2.99. The summed E-state index contributed by atoms with van der Waals surface area (Å²) in [5.41, 5.74) is -0.155. The zero-order chi connectivity index (χ0) is 16.6. The number of anilines is 1. The summed E-state index contributed by atoms with van der Waals surface area (Å²) in [6, 6.07) is 0.296. The third-order valence-corrected chi connectivity index (χ3v) is 5.34. The molecule has 1 saturated carbocycles. The molecule has 2 aromatic rings. The number of carbonyl (C=O) groups is 1. The van der Waals surface area contributed by atoms with Crippen LogP contribution in [-0.4, -0.2) is 32.3 Å². The zero-order valence-electron chi connectivity index (χ0n) is 13.6. The molecule has 0 saturated heterocycles. The van der Waals surface area contributed by atoms with Crippen molar-refractivity contribution >= 4 is 34.1 Å². The first kappa shape index (κ1) is 16.4. The molecule has 0 N–H and O–H groups in total. The highest BCUT2D eigenvalue weighted by Gasteiger charge is 2.34. The number of thioether (sulfide) groups is 1. The number of aromatic nitrogens is 4. The fraction of sp³-hybridized carbons (Fsp3) is 0.643. The largest absolute Gasteiger partial charge is 0.339 e. The second-order valence-corrected chi connectivity index (χ2v) is 8.70. The minimum atomic E-state index is -0.155. The van der Waals surface area contributed by atoms with Crippen LogP contribution in [0.15, 0.2) is 8.86 Å². The molecule has 0 unspecified atom stereocenters. The molecule has 0 spiro atoms. The third-order valence-electron chi connectivity index (χ3n) is 3.29. The second-order valence-electron chi connectivity index (χ2n) is 6.53. The van der Waals surface area contributed by atoms with Crippen molar-refractivity contribution < 1.29 is 9.32 Å². The molecular formula is C14H19N5O2S2. The number of hydrogen-bond donors (Lipinski definition) is 0. The van der Waals surface area contributed by atoms with Crippen molar-refractivity contribution in [2.24, 2.45) is 0 Å². The molecule has 0 aliphatic heterocycles. The zero-order valence-corrected chi connectivity index (χ0v) is 15.2. The van der Waals surface area contributed by atoms with Crippen LogP contribution in [0.1, 0.15) is 52.3 Å². The maximum Gasteiger partial charge on any atom is 0.232 e. The Kier molecular flexibility index (Phi) is 4.41. The van der Waals surface area contributed by atoms with Gasteiger partial charge in [0.2, 0.25) is 16.9 Å². The lowest BCUT2D eigenvalue weighted by molar-refractivity contribution is -0.116. The van der Waals surface area contributed by atoms with Crippen LogP contribution in [0.25, 0.3) is 0 Å². The predicted octanol–water partition coefficient (Wildman–Crippen LogP) is 3.03. The summed E-state index contributed by atoms with van der Waals surface area (Å²) in [6.45, 7) is 7.66. The Morgan fingerprint density at radius 2 is 2.13 bits per heavy atom. The molecular weight excluding hydrogens is 334 g/mol. The molecule has 7 nitrogen and oxygen atoms in total. The van der Waals surface area contributed by atoms with E-state index in [9.17, 15) is 4.79 Å². The lowest BCUT2D eigenvalue weighted by atomic mass is 9.97. The normalized spacial score (nSPS) is 15.0. The first-order valence-electron chi connectivity index (χ1n) is 7.44. The van der Waals surface area contributed by atoms with Gasteiger partial charge in [0.15, 0.2) is 10.2 Å². The van der Waals surface area contributed by atoms with E-state index >= 15 is 0 Å². The first-order chi connectivity index (χ1) is 10.8. The van der Waals surface area contributed by atoms with Crippen molar-refractivity contribution in [2.75, 3.05) is 4.90 Å². The molecule has 9 heteroatoms. The highest BCUT2D eigenvalue weighted by atomic mass is 32.2. The molecule has 23 heavy (non-hydrogen) atoms. The van der Waals surface area contributed by atoms with Gasteiger partial charge in [0.05, 0.1) is 5.75 Å². The summed E-state index contributed by atoms with van der Waals surface area (Å²) < 4.78 is 6.07. The van der Waals surface area contributed by atoms with Crippen LogP contribution < -0.4 is 4.90 Å². The van der Waals surface area contributed by atoms with Crippen molar-refractivity contribution in [1.29, 1.82) is 0 Å². The molecule has 1 amide bonds. The summed E-state index contributed by atoms with van der Waals surface area (Å²) in [5.74, 6) is 1.86. The van der Waals surface area contributed by atoms with E-state index in [2.05, 4.69) is 20.3 Å². The van der Waals surface area contributed by atoms with E-state index in [0.717, 1.165) is 17.2 Å². The molecule has 2 heterocycles. The molecule has 0 aromatic carbocycles. The fourth-order valence-corrected chi connectivity index (χ4v) is 3.78. The summed E-state index contributed by atoms with van der Waals surface area (Å²) in [6.07, 6.45) is 2.08. The first-order valence-corrected chi connectivity index (χ1v) is 9.24. The molecule has 0 atom stereocenters. The van der Waals surface area contributed by atoms with Crippen molar-refractivity contribution in [3.63, 3.8) is 0 Å². The van der Waals surface area contributed by atoms with Crippen molar-refractivity contribution in [1.82, 2.24) is 20.3 Å². The highest BCUT2D eigenvalue weighted by molar-refractivity contribution is 8.00. The fourth-order valence-electron chi connectivity index (χ4n) is 1.98.